The lowest BCUT2D eigenvalue weighted by Gasteiger charge is -2.39. The summed E-state index contributed by atoms with van der Waals surface area (Å²) in [7, 11) is 0. The molecule has 0 aliphatic carbocycles. The zero-order valence-electron chi connectivity index (χ0n) is 21.5. The molecule has 3 aromatic carbocycles. The van der Waals surface area contributed by atoms with Gasteiger partial charge in [0.1, 0.15) is 19.0 Å². The van der Waals surface area contributed by atoms with Crippen LogP contribution in [0, 0.1) is 5.41 Å². The van der Waals surface area contributed by atoms with E-state index < -0.39 is 0 Å². The lowest BCUT2D eigenvalue weighted by molar-refractivity contribution is -0.129. The molecule has 2 N–H and O–H groups in total. The van der Waals surface area contributed by atoms with Gasteiger partial charge in [-0.3, -0.25) is 4.79 Å². The van der Waals surface area contributed by atoms with E-state index in [0.29, 0.717) is 18.5 Å². The van der Waals surface area contributed by atoms with Gasteiger partial charge in [0.05, 0.1) is 6.61 Å². The van der Waals surface area contributed by atoms with E-state index in [0.717, 1.165) is 72.7 Å². The predicted octanol–water partition coefficient (Wildman–Crippen LogP) is 5.63. The van der Waals surface area contributed by atoms with Gasteiger partial charge in [-0.25, -0.2) is 0 Å². The van der Waals surface area contributed by atoms with Gasteiger partial charge in [-0.1, -0.05) is 36.4 Å². The van der Waals surface area contributed by atoms with E-state index in [-0.39, 0.29) is 12.6 Å². The molecule has 3 aromatic rings. The number of nitrogens with two attached hydrogens (primary N) is 1. The van der Waals surface area contributed by atoms with E-state index in [9.17, 15) is 4.79 Å². The van der Waals surface area contributed by atoms with Gasteiger partial charge in [0.15, 0.2) is 0 Å². The third-order valence-electron chi connectivity index (χ3n) is 7.77. The number of carbonyl (C=O) groups excluding carboxylic acids is 1. The van der Waals surface area contributed by atoms with Crippen molar-refractivity contribution in [1.29, 1.82) is 0 Å². The minimum Gasteiger partial charge on any atom is -0.488 e. The highest BCUT2D eigenvalue weighted by Crippen LogP contribution is 2.41. The molecule has 2 aliphatic rings. The molecule has 6 nitrogen and oxygen atoms in total. The highest BCUT2D eigenvalue weighted by atomic mass is 16.5. The molecule has 1 spiro atoms. The topological polar surface area (TPSA) is 74.0 Å². The molecule has 0 amide bonds. The predicted molar refractivity (Wildman–Crippen MR) is 145 cm³/mol. The molecule has 5 rings (SSSR count). The van der Waals surface area contributed by atoms with Gasteiger partial charge >= 0.3 is 0 Å². The average Bonchev–Trinajstić information content (AvgIpc) is 3.39. The first-order valence-corrected chi connectivity index (χ1v) is 13.1. The number of anilines is 1. The third kappa shape index (κ3) is 5.97. The zero-order valence-corrected chi connectivity index (χ0v) is 21.5. The second-order valence-electron chi connectivity index (χ2n) is 10.4. The summed E-state index contributed by atoms with van der Waals surface area (Å²) in [5.41, 5.74) is 13.1. The zero-order chi connectivity index (χ0) is 25.7. The van der Waals surface area contributed by atoms with Crippen LogP contribution < -0.4 is 15.4 Å². The van der Waals surface area contributed by atoms with E-state index in [1.54, 1.807) is 0 Å². The summed E-state index contributed by atoms with van der Waals surface area (Å²) in [5, 5.41) is 0. The van der Waals surface area contributed by atoms with Crippen LogP contribution >= 0.6 is 0 Å². The van der Waals surface area contributed by atoms with Gasteiger partial charge in [-0.05, 0) is 84.2 Å². The Hall–Kier alpha value is -3.35. The van der Waals surface area contributed by atoms with Crippen LogP contribution in [0.3, 0.4) is 0 Å². The summed E-state index contributed by atoms with van der Waals surface area (Å²) in [5.74, 6) is 0.719. The van der Waals surface area contributed by atoms with Crippen LogP contribution in [0.15, 0.2) is 66.7 Å². The molecule has 194 valence electrons. The maximum atomic E-state index is 10.7. The van der Waals surface area contributed by atoms with Gasteiger partial charge in [0.2, 0.25) is 0 Å². The number of rotatable bonds is 9. The lowest BCUT2D eigenvalue weighted by atomic mass is 9.78. The summed E-state index contributed by atoms with van der Waals surface area (Å²) in [4.78, 5) is 13.2. The maximum Gasteiger partial charge on any atom is 0.293 e. The smallest absolute Gasteiger partial charge is 0.293 e. The third-order valence-corrected chi connectivity index (χ3v) is 7.77. The van der Waals surface area contributed by atoms with E-state index in [4.69, 9.17) is 19.9 Å². The molecule has 2 aliphatic heterocycles. The van der Waals surface area contributed by atoms with Crippen molar-refractivity contribution in [2.45, 2.75) is 45.4 Å². The van der Waals surface area contributed by atoms with Gasteiger partial charge in [-0.2, -0.15) is 0 Å². The fourth-order valence-electron chi connectivity index (χ4n) is 5.44. The van der Waals surface area contributed by atoms with E-state index >= 15 is 0 Å². The summed E-state index contributed by atoms with van der Waals surface area (Å²) in [6, 6.07) is 22.9. The van der Waals surface area contributed by atoms with Crippen LogP contribution in [0.5, 0.6) is 5.75 Å². The fraction of sp³-hybridized carbons (Fsp3) is 0.387. The molecule has 6 heteroatoms. The highest BCUT2D eigenvalue weighted by Gasteiger charge is 2.38. The Morgan fingerprint density at radius 1 is 1.00 bits per heavy atom. The monoisotopic (exact) mass is 500 g/mol. The Bertz CT molecular complexity index is 1210. The minimum absolute atomic E-state index is 0.0251. The number of nitrogens with zero attached hydrogens (tertiary/aromatic N) is 1. The Morgan fingerprint density at radius 2 is 1.84 bits per heavy atom. The van der Waals surface area contributed by atoms with E-state index in [1.807, 2.05) is 31.2 Å². The van der Waals surface area contributed by atoms with Crippen molar-refractivity contribution in [2.75, 3.05) is 31.2 Å². The van der Waals surface area contributed by atoms with Crippen LogP contribution in [0.1, 0.15) is 48.9 Å². The molecule has 2 saturated heterocycles. The van der Waals surface area contributed by atoms with Crippen molar-refractivity contribution in [3.8, 4) is 16.9 Å². The first kappa shape index (κ1) is 25.3. The average molecular weight is 501 g/mol. The molecule has 2 heterocycles. The summed E-state index contributed by atoms with van der Waals surface area (Å²) in [6.07, 6.45) is 3.50. The highest BCUT2D eigenvalue weighted by molar-refractivity contribution is 5.70. The van der Waals surface area contributed by atoms with Crippen molar-refractivity contribution in [3.05, 3.63) is 83.4 Å². The SMILES string of the molecule is C[C@@H](N)c1cccc(-c2cc(COc3ccccc3COC=O)cc(N3CCC4(CCOC4)CC3)c2)c1. The van der Waals surface area contributed by atoms with Crippen LogP contribution in [0.2, 0.25) is 0 Å². The van der Waals surface area contributed by atoms with Crippen molar-refractivity contribution in [2.24, 2.45) is 11.1 Å². The standard InChI is InChI=1S/C31H36N2O4/c1-23(32)25-6-4-7-26(17-25)28-15-24(19-37-30-8-3-2-5-27(30)20-36-22-34)16-29(18-28)33-12-9-31(10-13-33)11-14-35-21-31/h2-8,15-18,22-23H,9-14,19-21,32H2,1H3/t23-/m1/s1. The van der Waals surface area contributed by atoms with Crippen LogP contribution in [0.4, 0.5) is 5.69 Å². The number of piperidine rings is 1. The van der Waals surface area contributed by atoms with Crippen molar-refractivity contribution in [3.63, 3.8) is 0 Å². The molecule has 0 aromatic heterocycles. The van der Waals surface area contributed by atoms with E-state index in [2.05, 4.69) is 47.4 Å². The summed E-state index contributed by atoms with van der Waals surface area (Å²) >= 11 is 0. The molecule has 0 bridgehead atoms. The molecule has 1 atom stereocenters. The Balaban J connectivity index is 1.42. The largest absolute Gasteiger partial charge is 0.488 e. The second-order valence-corrected chi connectivity index (χ2v) is 10.4. The van der Waals surface area contributed by atoms with Crippen molar-refractivity contribution in [1.82, 2.24) is 0 Å². The molecule has 0 unspecified atom stereocenters. The number of ether oxygens (including phenoxy) is 3. The maximum absolute atomic E-state index is 10.7. The Labute approximate surface area is 219 Å². The molecular formula is C31H36N2O4. The number of hydrogen-bond donors (Lipinski definition) is 1. The fourth-order valence-corrected chi connectivity index (χ4v) is 5.44. The number of para-hydroxylation sites is 1. The lowest BCUT2D eigenvalue weighted by Crippen LogP contribution is -2.40. The molecule has 0 radical (unpaired) electrons. The van der Waals surface area contributed by atoms with Gasteiger partial charge in [-0.15, -0.1) is 0 Å². The molecule has 2 fully saturated rings. The van der Waals surface area contributed by atoms with Gasteiger partial charge < -0.3 is 24.8 Å². The van der Waals surface area contributed by atoms with Crippen LogP contribution in [-0.4, -0.2) is 32.8 Å². The first-order chi connectivity index (χ1) is 18.0. The van der Waals surface area contributed by atoms with Gasteiger partial charge in [0, 0.05) is 37.0 Å². The van der Waals surface area contributed by atoms with Gasteiger partial charge in [0.25, 0.3) is 6.47 Å². The summed E-state index contributed by atoms with van der Waals surface area (Å²) < 4.78 is 17.0. The van der Waals surface area contributed by atoms with E-state index in [1.165, 1.54) is 12.1 Å². The summed E-state index contributed by atoms with van der Waals surface area (Å²) in [6.45, 7) is 6.92. The molecular weight excluding hydrogens is 464 g/mol. The van der Waals surface area contributed by atoms with Crippen molar-refractivity contribution < 1.29 is 19.0 Å². The molecule has 37 heavy (non-hydrogen) atoms. The Kier molecular flexibility index (Phi) is 7.77. The first-order valence-electron chi connectivity index (χ1n) is 13.1. The number of carbonyl (C=O) groups is 1. The normalized spacial score (nSPS) is 17.5. The second kappa shape index (κ2) is 11.4. The Morgan fingerprint density at radius 3 is 2.59 bits per heavy atom. The number of hydrogen-bond acceptors (Lipinski definition) is 6. The van der Waals surface area contributed by atoms with Crippen LogP contribution in [0.25, 0.3) is 11.1 Å². The quantitative estimate of drug-likeness (QED) is 0.384. The number of benzene rings is 3. The van der Waals surface area contributed by atoms with Crippen LogP contribution in [-0.2, 0) is 27.5 Å². The molecule has 0 saturated carbocycles. The minimum atomic E-state index is -0.0251. The van der Waals surface area contributed by atoms with Crippen molar-refractivity contribution >= 4 is 12.2 Å².